The monoisotopic (exact) mass is 517 g/mol. The second-order valence-corrected chi connectivity index (χ2v) is 9.07. The first-order valence-corrected chi connectivity index (χ1v) is 11.5. The van der Waals surface area contributed by atoms with Gasteiger partial charge in [0.2, 0.25) is 0 Å². The van der Waals surface area contributed by atoms with E-state index >= 15 is 0 Å². The lowest BCUT2D eigenvalue weighted by Crippen LogP contribution is -2.46. The fourth-order valence-electron chi connectivity index (χ4n) is 3.70. The molecule has 3 rings (SSSR count). The average Bonchev–Trinajstić information content (AvgIpc) is 3.10. The first kappa shape index (κ1) is 23.2. The van der Waals surface area contributed by atoms with Crippen LogP contribution in [0.15, 0.2) is 39.7 Å². The lowest BCUT2D eigenvalue weighted by molar-refractivity contribution is 0.413. The minimum atomic E-state index is -0.704. The minimum absolute atomic E-state index is 0. The maximum atomic E-state index is 12.2. The van der Waals surface area contributed by atoms with Crippen molar-refractivity contribution in [1.29, 1.82) is 0 Å². The third-order valence-corrected chi connectivity index (χ3v) is 6.81. The smallest absolute Gasteiger partial charge is 0.191 e. The fraction of sp³-hybridized carbons (Fsp3) is 0.571. The number of halogens is 1. The molecule has 0 bridgehead atoms. The molecule has 7 heteroatoms. The van der Waals surface area contributed by atoms with E-state index in [0.29, 0.717) is 17.8 Å². The van der Waals surface area contributed by atoms with E-state index in [-0.39, 0.29) is 24.0 Å². The van der Waals surface area contributed by atoms with Crippen LogP contribution in [0.1, 0.15) is 45.3 Å². The molecule has 1 fully saturated rings. The van der Waals surface area contributed by atoms with Gasteiger partial charge in [-0.25, -0.2) is 0 Å². The summed E-state index contributed by atoms with van der Waals surface area (Å²) >= 11 is 0. The highest BCUT2D eigenvalue weighted by atomic mass is 127. The molecule has 156 valence electrons. The van der Waals surface area contributed by atoms with Crippen LogP contribution in [0.5, 0.6) is 0 Å². The number of nitrogens with one attached hydrogen (secondary N) is 2. The van der Waals surface area contributed by atoms with Crippen molar-refractivity contribution < 1.29 is 8.63 Å². The molecule has 3 unspecified atom stereocenters. The summed E-state index contributed by atoms with van der Waals surface area (Å²) in [6.45, 7) is 5.59. The molecular weight excluding hydrogens is 485 g/mol. The van der Waals surface area contributed by atoms with E-state index < -0.39 is 10.8 Å². The summed E-state index contributed by atoms with van der Waals surface area (Å²) in [5.74, 6) is 2.57. The number of hydrogen-bond acceptors (Lipinski definition) is 3. The number of hydrogen-bond donors (Lipinski definition) is 2. The highest BCUT2D eigenvalue weighted by molar-refractivity contribution is 14.0. The van der Waals surface area contributed by atoms with Crippen LogP contribution in [0.2, 0.25) is 0 Å². The van der Waals surface area contributed by atoms with Crippen molar-refractivity contribution in [1.82, 2.24) is 10.6 Å². The number of guanidine groups is 1. The normalized spacial score (nSPS) is 21.1. The molecule has 1 heterocycles. The lowest BCUT2D eigenvalue weighted by atomic mass is 9.95. The van der Waals surface area contributed by atoms with Crippen LogP contribution < -0.4 is 10.6 Å². The average molecular weight is 517 g/mol. The van der Waals surface area contributed by atoms with Gasteiger partial charge in [0.1, 0.15) is 11.3 Å². The second kappa shape index (κ2) is 11.8. The lowest BCUT2D eigenvalue weighted by Gasteiger charge is -2.30. The molecular formula is C21H32IN3O2S. The van der Waals surface area contributed by atoms with E-state index in [4.69, 9.17) is 9.41 Å². The Bertz CT molecular complexity index is 760. The summed E-state index contributed by atoms with van der Waals surface area (Å²) in [5, 5.41) is 8.34. The summed E-state index contributed by atoms with van der Waals surface area (Å²) in [4.78, 5) is 4.72. The number of benzene rings is 1. The summed E-state index contributed by atoms with van der Waals surface area (Å²) < 4.78 is 18.0. The van der Waals surface area contributed by atoms with Crippen molar-refractivity contribution in [3.05, 3.63) is 36.1 Å². The number of aliphatic imine (C=N–C) groups is 1. The Morgan fingerprint density at radius 1 is 1.29 bits per heavy atom. The number of rotatable bonds is 7. The number of furan rings is 1. The van der Waals surface area contributed by atoms with Crippen molar-refractivity contribution in [2.45, 2.75) is 57.2 Å². The zero-order valence-corrected chi connectivity index (χ0v) is 19.9. The molecule has 2 N–H and O–H groups in total. The molecule has 0 spiro atoms. The summed E-state index contributed by atoms with van der Waals surface area (Å²) in [6.07, 6.45) is 5.07. The summed E-state index contributed by atoms with van der Waals surface area (Å²) in [5.41, 5.74) is 0.929. The van der Waals surface area contributed by atoms with Crippen molar-refractivity contribution in [3.63, 3.8) is 0 Å². The Hall–Kier alpha value is -1.09. The van der Waals surface area contributed by atoms with Crippen LogP contribution in [0.3, 0.4) is 0 Å². The van der Waals surface area contributed by atoms with Crippen molar-refractivity contribution >= 4 is 51.7 Å². The molecule has 0 aliphatic heterocycles. The van der Waals surface area contributed by atoms with Crippen LogP contribution in [-0.2, 0) is 17.2 Å². The van der Waals surface area contributed by atoms with Crippen LogP contribution in [0.4, 0.5) is 0 Å². The van der Waals surface area contributed by atoms with Gasteiger partial charge in [-0.05, 0) is 38.3 Å². The predicted molar refractivity (Wildman–Crippen MR) is 129 cm³/mol. The van der Waals surface area contributed by atoms with Crippen molar-refractivity contribution in [2.75, 3.05) is 18.8 Å². The molecule has 0 radical (unpaired) electrons. The topological polar surface area (TPSA) is 66.6 Å². The van der Waals surface area contributed by atoms with Gasteiger partial charge in [-0.3, -0.25) is 9.20 Å². The van der Waals surface area contributed by atoms with Crippen molar-refractivity contribution in [2.24, 2.45) is 4.99 Å². The highest BCUT2D eigenvalue weighted by Crippen LogP contribution is 2.23. The van der Waals surface area contributed by atoms with Gasteiger partial charge in [0.15, 0.2) is 5.96 Å². The third-order valence-electron chi connectivity index (χ3n) is 5.07. The largest absolute Gasteiger partial charge is 0.461 e. The predicted octanol–water partition coefficient (Wildman–Crippen LogP) is 4.23. The van der Waals surface area contributed by atoms with Gasteiger partial charge in [-0.2, -0.15) is 0 Å². The molecule has 3 atom stereocenters. The Morgan fingerprint density at radius 3 is 2.86 bits per heavy atom. The van der Waals surface area contributed by atoms with Crippen LogP contribution in [0, 0.1) is 0 Å². The van der Waals surface area contributed by atoms with Crippen LogP contribution in [0.25, 0.3) is 11.0 Å². The zero-order valence-electron chi connectivity index (χ0n) is 16.8. The van der Waals surface area contributed by atoms with Crippen molar-refractivity contribution in [3.8, 4) is 0 Å². The molecule has 1 aromatic carbocycles. The minimum Gasteiger partial charge on any atom is -0.461 e. The Morgan fingerprint density at radius 2 is 2.11 bits per heavy atom. The molecule has 0 saturated heterocycles. The van der Waals surface area contributed by atoms with Crippen LogP contribution >= 0.6 is 24.0 Å². The molecule has 2 aromatic rings. The van der Waals surface area contributed by atoms with E-state index in [1.165, 1.54) is 0 Å². The quantitative estimate of drug-likeness (QED) is 0.328. The first-order chi connectivity index (χ1) is 13.2. The molecule has 5 nitrogen and oxygen atoms in total. The van der Waals surface area contributed by atoms with Gasteiger partial charge in [-0.15, -0.1) is 24.0 Å². The Kier molecular flexibility index (Phi) is 9.77. The summed E-state index contributed by atoms with van der Waals surface area (Å²) in [6, 6.07) is 10.5. The fourth-order valence-corrected chi connectivity index (χ4v) is 5.05. The van der Waals surface area contributed by atoms with Gasteiger partial charge < -0.3 is 15.1 Å². The van der Waals surface area contributed by atoms with E-state index in [9.17, 15) is 4.21 Å². The van der Waals surface area contributed by atoms with Gasteiger partial charge >= 0.3 is 0 Å². The molecule has 28 heavy (non-hydrogen) atoms. The van der Waals surface area contributed by atoms with E-state index in [1.54, 1.807) is 0 Å². The summed E-state index contributed by atoms with van der Waals surface area (Å²) in [7, 11) is -0.704. The molecule has 1 saturated carbocycles. The number of para-hydroxylation sites is 1. The van der Waals surface area contributed by atoms with Gasteiger partial charge in [0.05, 0.1) is 0 Å². The maximum absolute atomic E-state index is 12.2. The third kappa shape index (κ3) is 6.47. The number of fused-ring (bicyclic) bond motifs is 1. The highest BCUT2D eigenvalue weighted by Gasteiger charge is 2.26. The molecule has 1 aliphatic rings. The molecule has 1 aromatic heterocycles. The SMILES string of the molecule is CCNC(=NCCc1cc2ccccc2o1)NC1CCCC(S(=O)CC)C1.I. The van der Waals surface area contributed by atoms with Gasteiger partial charge in [0.25, 0.3) is 0 Å². The Labute approximate surface area is 187 Å². The van der Waals surface area contributed by atoms with Crippen LogP contribution in [-0.4, -0.2) is 40.3 Å². The number of nitrogens with zero attached hydrogens (tertiary/aromatic N) is 1. The van der Waals surface area contributed by atoms with Gasteiger partial charge in [0, 0.05) is 52.7 Å². The second-order valence-electron chi connectivity index (χ2n) is 7.06. The Balaban J connectivity index is 0.00000280. The zero-order chi connectivity index (χ0) is 19.1. The molecule has 0 amide bonds. The van der Waals surface area contributed by atoms with E-state index in [0.717, 1.165) is 67.1 Å². The van der Waals surface area contributed by atoms with E-state index in [1.807, 2.05) is 25.1 Å². The van der Waals surface area contributed by atoms with E-state index in [2.05, 4.69) is 29.7 Å². The first-order valence-electron chi connectivity index (χ1n) is 10.1. The maximum Gasteiger partial charge on any atom is 0.191 e. The van der Waals surface area contributed by atoms with Gasteiger partial charge in [-0.1, -0.05) is 31.5 Å². The standard InChI is InChI=1S/C21H31N3O2S.HI/c1-3-22-21(24-17-9-7-10-19(15-17)27(25)4-2)23-13-12-18-14-16-8-5-6-11-20(16)26-18;/h5-6,8,11,14,17,19H,3-4,7,9-10,12-13,15H2,1-2H3,(H2,22,23,24);1H. The molecule has 1 aliphatic carbocycles.